The van der Waals surface area contributed by atoms with Crippen LogP contribution >= 0.6 is 0 Å². The van der Waals surface area contributed by atoms with Gasteiger partial charge in [-0.05, 0) is 32.9 Å². The summed E-state index contributed by atoms with van der Waals surface area (Å²) < 4.78 is 1.76. The van der Waals surface area contributed by atoms with Gasteiger partial charge in [0.15, 0.2) is 5.82 Å². The summed E-state index contributed by atoms with van der Waals surface area (Å²) in [5, 5.41) is 14.0. The van der Waals surface area contributed by atoms with E-state index in [1.807, 2.05) is 32.0 Å². The number of aryl methyl sites for hydroxylation is 2. The molecule has 1 N–H and O–H groups in total. The number of pyridine rings is 1. The lowest BCUT2D eigenvalue weighted by atomic mass is 10.1. The molecule has 2 rings (SSSR count). The molecule has 0 fully saturated rings. The molecule has 0 aromatic carbocycles. The van der Waals surface area contributed by atoms with Crippen LogP contribution < -0.4 is 0 Å². The number of rotatable bonds is 2. The van der Waals surface area contributed by atoms with E-state index >= 15 is 0 Å². The Balaban J connectivity index is 2.59. The zero-order valence-corrected chi connectivity index (χ0v) is 9.68. The molecule has 0 radical (unpaired) electrons. The number of aliphatic hydroxyl groups excluding tert-OH is 1. The van der Waals surface area contributed by atoms with Crippen LogP contribution in [-0.4, -0.2) is 19.9 Å². The van der Waals surface area contributed by atoms with E-state index in [1.54, 1.807) is 17.8 Å². The number of aromatic nitrogens is 3. The van der Waals surface area contributed by atoms with Crippen LogP contribution in [0, 0.1) is 13.8 Å². The quantitative estimate of drug-likeness (QED) is 0.836. The highest BCUT2D eigenvalue weighted by Gasteiger charge is 2.12. The lowest BCUT2D eigenvalue weighted by Crippen LogP contribution is -2.07. The van der Waals surface area contributed by atoms with Crippen molar-refractivity contribution in [1.82, 2.24) is 14.8 Å². The second-order valence-electron chi connectivity index (χ2n) is 3.93. The van der Waals surface area contributed by atoms with E-state index in [0.717, 1.165) is 17.0 Å². The molecular weight excluding hydrogens is 202 g/mol. The molecule has 2 aromatic heterocycles. The van der Waals surface area contributed by atoms with Crippen LogP contribution in [0.1, 0.15) is 30.0 Å². The number of hydrogen-bond donors (Lipinski definition) is 1. The van der Waals surface area contributed by atoms with Gasteiger partial charge >= 0.3 is 0 Å². The zero-order chi connectivity index (χ0) is 11.7. The van der Waals surface area contributed by atoms with Crippen molar-refractivity contribution in [2.45, 2.75) is 26.9 Å². The van der Waals surface area contributed by atoms with Gasteiger partial charge in [-0.1, -0.05) is 6.07 Å². The number of hydrogen-bond acceptors (Lipinski definition) is 3. The van der Waals surface area contributed by atoms with Crippen molar-refractivity contribution < 1.29 is 5.11 Å². The van der Waals surface area contributed by atoms with Crippen molar-refractivity contribution in [1.29, 1.82) is 0 Å². The Bertz CT molecular complexity index is 503. The lowest BCUT2D eigenvalue weighted by Gasteiger charge is -2.11. The summed E-state index contributed by atoms with van der Waals surface area (Å²) >= 11 is 0. The topological polar surface area (TPSA) is 50.9 Å². The molecule has 2 heterocycles. The van der Waals surface area contributed by atoms with E-state index in [2.05, 4.69) is 10.1 Å². The first-order valence-corrected chi connectivity index (χ1v) is 5.26. The lowest BCUT2D eigenvalue weighted by molar-refractivity contribution is 0.198. The van der Waals surface area contributed by atoms with Gasteiger partial charge in [0, 0.05) is 17.5 Å². The van der Waals surface area contributed by atoms with Gasteiger partial charge in [-0.2, -0.15) is 5.10 Å². The Morgan fingerprint density at radius 3 is 2.69 bits per heavy atom. The summed E-state index contributed by atoms with van der Waals surface area (Å²) in [6.45, 7) is 5.64. The minimum absolute atomic E-state index is 0.549. The highest BCUT2D eigenvalue weighted by molar-refractivity contribution is 5.36. The predicted molar refractivity (Wildman–Crippen MR) is 61.5 cm³/mol. The molecule has 1 atom stereocenters. The Morgan fingerprint density at radius 1 is 1.38 bits per heavy atom. The van der Waals surface area contributed by atoms with Gasteiger partial charge < -0.3 is 5.11 Å². The van der Waals surface area contributed by atoms with Crippen molar-refractivity contribution in [3.05, 3.63) is 41.3 Å². The van der Waals surface area contributed by atoms with Crippen LogP contribution in [-0.2, 0) is 0 Å². The van der Waals surface area contributed by atoms with Crippen molar-refractivity contribution in [3.63, 3.8) is 0 Å². The summed E-state index contributed by atoms with van der Waals surface area (Å²) in [6, 6.07) is 5.67. The Hall–Kier alpha value is -1.68. The second-order valence-corrected chi connectivity index (χ2v) is 3.93. The Morgan fingerprint density at radius 2 is 2.12 bits per heavy atom. The van der Waals surface area contributed by atoms with E-state index < -0.39 is 6.10 Å². The maximum absolute atomic E-state index is 9.68. The van der Waals surface area contributed by atoms with E-state index in [-0.39, 0.29) is 0 Å². The van der Waals surface area contributed by atoms with E-state index in [9.17, 15) is 5.11 Å². The molecule has 1 unspecified atom stereocenters. The first-order valence-electron chi connectivity index (χ1n) is 5.26. The zero-order valence-electron chi connectivity index (χ0n) is 9.68. The van der Waals surface area contributed by atoms with Crippen molar-refractivity contribution in [3.8, 4) is 5.82 Å². The van der Waals surface area contributed by atoms with E-state index in [0.29, 0.717) is 5.82 Å². The Labute approximate surface area is 94.6 Å². The van der Waals surface area contributed by atoms with Gasteiger partial charge in [0.25, 0.3) is 0 Å². The molecule has 0 saturated carbocycles. The van der Waals surface area contributed by atoms with Crippen molar-refractivity contribution in [2.24, 2.45) is 0 Å². The third kappa shape index (κ3) is 1.84. The predicted octanol–water partition coefficient (Wildman–Crippen LogP) is 1.94. The van der Waals surface area contributed by atoms with Gasteiger partial charge in [-0.3, -0.25) is 0 Å². The number of nitrogens with zero attached hydrogens (tertiary/aromatic N) is 3. The monoisotopic (exact) mass is 217 g/mol. The smallest absolute Gasteiger partial charge is 0.159 e. The van der Waals surface area contributed by atoms with Gasteiger partial charge in [-0.15, -0.1) is 0 Å². The van der Waals surface area contributed by atoms with Gasteiger partial charge in [-0.25, -0.2) is 9.67 Å². The maximum Gasteiger partial charge on any atom is 0.159 e. The minimum atomic E-state index is -0.549. The minimum Gasteiger partial charge on any atom is -0.389 e. The molecular formula is C12H15N3O. The van der Waals surface area contributed by atoms with Gasteiger partial charge in [0.1, 0.15) is 0 Å². The molecule has 0 bridgehead atoms. The summed E-state index contributed by atoms with van der Waals surface area (Å²) in [6.07, 6.45) is 1.16. The molecule has 84 valence electrons. The standard InChI is InChI=1S/C12H15N3O/c1-8-7-9(2)15(14-8)12-11(10(3)16)5-4-6-13-12/h4-7,10,16H,1-3H3. The third-order valence-corrected chi connectivity index (χ3v) is 2.48. The molecule has 0 spiro atoms. The molecule has 2 aromatic rings. The summed E-state index contributed by atoms with van der Waals surface area (Å²) in [7, 11) is 0. The highest BCUT2D eigenvalue weighted by Crippen LogP contribution is 2.20. The molecule has 0 saturated heterocycles. The van der Waals surface area contributed by atoms with Gasteiger partial charge in [0.05, 0.1) is 11.8 Å². The number of aliphatic hydroxyl groups is 1. The fourth-order valence-corrected chi connectivity index (χ4v) is 1.76. The van der Waals surface area contributed by atoms with Crippen LogP contribution in [0.25, 0.3) is 5.82 Å². The molecule has 0 aliphatic heterocycles. The Kier molecular flexibility index (Phi) is 2.75. The van der Waals surface area contributed by atoms with E-state index in [4.69, 9.17) is 0 Å². The van der Waals surface area contributed by atoms with Crippen molar-refractivity contribution >= 4 is 0 Å². The van der Waals surface area contributed by atoms with Crippen LogP contribution in [0.3, 0.4) is 0 Å². The maximum atomic E-state index is 9.68. The first kappa shape index (κ1) is 10.8. The second kappa shape index (κ2) is 4.06. The fraction of sp³-hybridized carbons (Fsp3) is 0.333. The summed E-state index contributed by atoms with van der Waals surface area (Å²) in [4.78, 5) is 4.28. The molecule has 4 heteroatoms. The van der Waals surface area contributed by atoms with Crippen LogP contribution in [0.2, 0.25) is 0 Å². The normalized spacial score (nSPS) is 12.8. The van der Waals surface area contributed by atoms with Crippen LogP contribution in [0.5, 0.6) is 0 Å². The molecule has 4 nitrogen and oxygen atoms in total. The first-order chi connectivity index (χ1) is 7.59. The molecule has 0 aliphatic rings. The average Bonchev–Trinajstić information content (AvgIpc) is 2.57. The highest BCUT2D eigenvalue weighted by atomic mass is 16.3. The average molecular weight is 217 g/mol. The molecule has 0 aliphatic carbocycles. The van der Waals surface area contributed by atoms with Crippen LogP contribution in [0.4, 0.5) is 0 Å². The van der Waals surface area contributed by atoms with Gasteiger partial charge in [0.2, 0.25) is 0 Å². The summed E-state index contributed by atoms with van der Waals surface area (Å²) in [5.41, 5.74) is 2.74. The molecule has 16 heavy (non-hydrogen) atoms. The fourth-order valence-electron chi connectivity index (χ4n) is 1.76. The van der Waals surface area contributed by atoms with Crippen molar-refractivity contribution in [2.75, 3.05) is 0 Å². The van der Waals surface area contributed by atoms with E-state index in [1.165, 1.54) is 0 Å². The summed E-state index contributed by atoms with van der Waals surface area (Å²) in [5.74, 6) is 0.697. The largest absolute Gasteiger partial charge is 0.389 e. The third-order valence-electron chi connectivity index (χ3n) is 2.48. The van der Waals surface area contributed by atoms with Crippen LogP contribution in [0.15, 0.2) is 24.4 Å². The SMILES string of the molecule is Cc1cc(C)n(-c2ncccc2C(C)O)n1. The molecule has 0 amide bonds.